The van der Waals surface area contributed by atoms with E-state index in [9.17, 15) is 14.9 Å². The van der Waals surface area contributed by atoms with Crippen molar-refractivity contribution < 1.29 is 14.5 Å². The Morgan fingerprint density at radius 3 is 2.38 bits per heavy atom. The van der Waals surface area contributed by atoms with Crippen LogP contribution in [0, 0.1) is 10.1 Å². The van der Waals surface area contributed by atoms with Crippen molar-refractivity contribution in [3.8, 4) is 5.75 Å². The molecular formula is C19H19NO4. The predicted molar refractivity (Wildman–Crippen MR) is 92.9 cm³/mol. The van der Waals surface area contributed by atoms with Gasteiger partial charge in [-0.15, -0.1) is 0 Å². The number of carbonyl (C=O) groups excluding carboxylic acids is 1. The standard InChI is InChI=1S/C19H19NO4/c1-19(2,3)15-8-10-17(11-9-15)24-18(21)12-7-14-5-4-6-16(13-14)20(22)23/h4-13H,1-3H3/b12-7+. The van der Waals surface area contributed by atoms with Crippen LogP contribution in [0.5, 0.6) is 5.75 Å². The predicted octanol–water partition coefficient (Wildman–Crippen LogP) is 4.51. The maximum atomic E-state index is 11.8. The molecule has 124 valence electrons. The van der Waals surface area contributed by atoms with Gasteiger partial charge in [0.25, 0.3) is 5.69 Å². The molecule has 0 aliphatic carbocycles. The van der Waals surface area contributed by atoms with Crippen LogP contribution >= 0.6 is 0 Å². The van der Waals surface area contributed by atoms with Crippen LogP contribution in [0.25, 0.3) is 6.08 Å². The maximum absolute atomic E-state index is 11.8. The Bertz CT molecular complexity index is 771. The molecule has 2 aromatic carbocycles. The zero-order valence-electron chi connectivity index (χ0n) is 13.9. The molecule has 0 amide bonds. The maximum Gasteiger partial charge on any atom is 0.336 e. The van der Waals surface area contributed by atoms with Crippen molar-refractivity contribution in [2.75, 3.05) is 0 Å². The van der Waals surface area contributed by atoms with Gasteiger partial charge in [0.15, 0.2) is 0 Å². The quantitative estimate of drug-likeness (QED) is 0.273. The number of rotatable bonds is 4. The van der Waals surface area contributed by atoms with Gasteiger partial charge in [0.2, 0.25) is 0 Å². The molecule has 2 aromatic rings. The van der Waals surface area contributed by atoms with Crippen LogP contribution in [0.2, 0.25) is 0 Å². The number of nitrogens with zero attached hydrogens (tertiary/aromatic N) is 1. The van der Waals surface area contributed by atoms with Crippen LogP contribution in [0.4, 0.5) is 5.69 Å². The fourth-order valence-corrected chi connectivity index (χ4v) is 2.08. The molecule has 0 unspecified atom stereocenters. The Morgan fingerprint density at radius 2 is 1.79 bits per heavy atom. The van der Waals surface area contributed by atoms with Crippen LogP contribution in [-0.2, 0) is 10.2 Å². The average Bonchev–Trinajstić information content (AvgIpc) is 2.53. The topological polar surface area (TPSA) is 69.4 Å². The second-order valence-corrected chi connectivity index (χ2v) is 6.38. The molecule has 2 rings (SSSR count). The Hall–Kier alpha value is -2.95. The van der Waals surface area contributed by atoms with Gasteiger partial charge >= 0.3 is 5.97 Å². The van der Waals surface area contributed by atoms with E-state index in [0.29, 0.717) is 11.3 Å². The van der Waals surface area contributed by atoms with E-state index < -0.39 is 10.9 Å². The van der Waals surface area contributed by atoms with E-state index in [0.717, 1.165) is 5.56 Å². The summed E-state index contributed by atoms with van der Waals surface area (Å²) in [6.07, 6.45) is 2.73. The molecule has 0 saturated heterocycles. The van der Waals surface area contributed by atoms with Gasteiger partial charge in [-0.1, -0.05) is 45.0 Å². The lowest BCUT2D eigenvalue weighted by molar-refractivity contribution is -0.384. The second kappa shape index (κ2) is 7.08. The molecular weight excluding hydrogens is 306 g/mol. The Balaban J connectivity index is 2.03. The third kappa shape index (κ3) is 4.78. The van der Waals surface area contributed by atoms with Gasteiger partial charge in [-0.05, 0) is 34.8 Å². The molecule has 0 saturated carbocycles. The summed E-state index contributed by atoms with van der Waals surface area (Å²) in [4.78, 5) is 22.1. The molecule has 0 aliphatic heterocycles. The van der Waals surface area contributed by atoms with Crippen molar-refractivity contribution in [3.05, 3.63) is 75.8 Å². The summed E-state index contributed by atoms with van der Waals surface area (Å²) in [5.41, 5.74) is 1.71. The number of benzene rings is 2. The molecule has 0 spiro atoms. The van der Waals surface area contributed by atoms with Crippen molar-refractivity contribution in [2.24, 2.45) is 0 Å². The molecule has 0 aliphatic rings. The number of esters is 1. The molecule has 0 fully saturated rings. The second-order valence-electron chi connectivity index (χ2n) is 6.38. The number of carbonyl (C=O) groups is 1. The van der Waals surface area contributed by atoms with Gasteiger partial charge < -0.3 is 4.74 Å². The molecule has 0 atom stereocenters. The Morgan fingerprint density at radius 1 is 1.12 bits per heavy atom. The number of ether oxygens (including phenoxy) is 1. The van der Waals surface area contributed by atoms with Crippen molar-refractivity contribution in [1.29, 1.82) is 0 Å². The van der Waals surface area contributed by atoms with Crippen molar-refractivity contribution >= 4 is 17.7 Å². The van der Waals surface area contributed by atoms with Crippen LogP contribution in [-0.4, -0.2) is 10.9 Å². The summed E-state index contributed by atoms with van der Waals surface area (Å²) in [5, 5.41) is 10.7. The van der Waals surface area contributed by atoms with E-state index in [1.165, 1.54) is 24.3 Å². The van der Waals surface area contributed by atoms with Crippen LogP contribution < -0.4 is 4.74 Å². The van der Waals surface area contributed by atoms with Crippen LogP contribution in [0.1, 0.15) is 31.9 Å². The lowest BCUT2D eigenvalue weighted by Gasteiger charge is -2.18. The summed E-state index contributed by atoms with van der Waals surface area (Å²) < 4.78 is 5.22. The van der Waals surface area contributed by atoms with E-state index in [-0.39, 0.29) is 11.1 Å². The lowest BCUT2D eigenvalue weighted by atomic mass is 9.87. The number of hydrogen-bond donors (Lipinski definition) is 0. The Labute approximate surface area is 140 Å². The van der Waals surface area contributed by atoms with E-state index in [1.54, 1.807) is 24.3 Å². The minimum atomic E-state index is -0.537. The first kappa shape index (κ1) is 17.4. The highest BCUT2D eigenvalue weighted by molar-refractivity contribution is 5.88. The third-order valence-corrected chi connectivity index (χ3v) is 3.43. The molecule has 5 nitrogen and oxygen atoms in total. The van der Waals surface area contributed by atoms with Gasteiger partial charge in [-0.2, -0.15) is 0 Å². The Kier molecular flexibility index (Phi) is 5.14. The molecule has 0 aromatic heterocycles. The molecule has 0 heterocycles. The molecule has 0 N–H and O–H groups in total. The van der Waals surface area contributed by atoms with E-state index in [1.807, 2.05) is 12.1 Å². The first-order valence-electron chi connectivity index (χ1n) is 7.50. The van der Waals surface area contributed by atoms with Gasteiger partial charge in [-0.3, -0.25) is 10.1 Å². The fraction of sp³-hybridized carbons (Fsp3) is 0.211. The fourth-order valence-electron chi connectivity index (χ4n) is 2.08. The zero-order valence-corrected chi connectivity index (χ0v) is 13.9. The monoisotopic (exact) mass is 325 g/mol. The summed E-state index contributed by atoms with van der Waals surface area (Å²) >= 11 is 0. The molecule has 24 heavy (non-hydrogen) atoms. The third-order valence-electron chi connectivity index (χ3n) is 3.43. The minimum absolute atomic E-state index is 0.0247. The van der Waals surface area contributed by atoms with Gasteiger partial charge in [0.1, 0.15) is 5.75 Å². The van der Waals surface area contributed by atoms with Gasteiger partial charge in [0, 0.05) is 18.2 Å². The largest absolute Gasteiger partial charge is 0.423 e. The summed E-state index contributed by atoms with van der Waals surface area (Å²) in [5.74, 6) is -0.0818. The van der Waals surface area contributed by atoms with Gasteiger partial charge in [-0.25, -0.2) is 4.79 Å². The summed E-state index contributed by atoms with van der Waals surface area (Å²) in [6.45, 7) is 6.32. The van der Waals surface area contributed by atoms with Crippen molar-refractivity contribution in [2.45, 2.75) is 26.2 Å². The lowest BCUT2D eigenvalue weighted by Crippen LogP contribution is -2.11. The number of hydrogen-bond acceptors (Lipinski definition) is 4. The minimum Gasteiger partial charge on any atom is -0.423 e. The van der Waals surface area contributed by atoms with E-state index in [4.69, 9.17) is 4.74 Å². The zero-order chi connectivity index (χ0) is 17.7. The summed E-state index contributed by atoms with van der Waals surface area (Å²) in [7, 11) is 0. The smallest absolute Gasteiger partial charge is 0.336 e. The van der Waals surface area contributed by atoms with E-state index >= 15 is 0 Å². The van der Waals surface area contributed by atoms with Gasteiger partial charge in [0.05, 0.1) is 4.92 Å². The highest BCUT2D eigenvalue weighted by atomic mass is 16.6. The average molecular weight is 325 g/mol. The van der Waals surface area contributed by atoms with Crippen molar-refractivity contribution in [1.82, 2.24) is 0 Å². The first-order valence-corrected chi connectivity index (χ1v) is 7.50. The SMILES string of the molecule is CC(C)(C)c1ccc(OC(=O)/C=C/c2cccc([N+](=O)[O-])c2)cc1. The number of non-ortho nitro benzene ring substituents is 1. The van der Waals surface area contributed by atoms with Crippen LogP contribution in [0.15, 0.2) is 54.6 Å². The first-order chi connectivity index (χ1) is 11.3. The number of nitro groups is 1. The van der Waals surface area contributed by atoms with E-state index in [2.05, 4.69) is 20.8 Å². The summed E-state index contributed by atoms with van der Waals surface area (Å²) in [6, 6.07) is 13.4. The van der Waals surface area contributed by atoms with Crippen molar-refractivity contribution in [3.63, 3.8) is 0 Å². The molecule has 0 radical (unpaired) electrons. The highest BCUT2D eigenvalue weighted by Gasteiger charge is 2.13. The normalized spacial score (nSPS) is 11.5. The number of nitro benzene ring substituents is 1. The molecule has 5 heteroatoms. The highest BCUT2D eigenvalue weighted by Crippen LogP contribution is 2.24. The van der Waals surface area contributed by atoms with Crippen LogP contribution in [0.3, 0.4) is 0 Å². The molecule has 0 bridgehead atoms.